The largest absolute Gasteiger partial charge is 0.303 e. The van der Waals surface area contributed by atoms with E-state index in [9.17, 15) is 0 Å². The minimum absolute atomic E-state index is 0.884. The molecule has 1 aliphatic carbocycles. The average Bonchev–Trinajstić information content (AvgIpc) is 3.02. The van der Waals surface area contributed by atoms with E-state index in [1.165, 1.54) is 42.5 Å². The minimum Gasteiger partial charge on any atom is -0.303 e. The summed E-state index contributed by atoms with van der Waals surface area (Å²) in [5.74, 6) is 0. The fraction of sp³-hybridized carbons (Fsp3) is 0.571. The zero-order valence-electron chi connectivity index (χ0n) is 10.1. The summed E-state index contributed by atoms with van der Waals surface area (Å²) in [6.45, 7) is 5.59. The molecule has 1 aliphatic rings. The van der Waals surface area contributed by atoms with Crippen LogP contribution >= 0.6 is 0 Å². The van der Waals surface area contributed by atoms with Crippen LogP contribution in [0.15, 0.2) is 18.2 Å². The maximum Gasteiger partial charge on any atom is 0.00935 e. The lowest BCUT2D eigenvalue weighted by atomic mass is 10.0. The molecule has 0 unspecified atom stereocenters. The van der Waals surface area contributed by atoms with Gasteiger partial charge >= 0.3 is 0 Å². The van der Waals surface area contributed by atoms with Gasteiger partial charge in [-0.1, -0.05) is 23.8 Å². The number of aryl methyl sites for hydroxylation is 2. The summed E-state index contributed by atoms with van der Waals surface area (Å²) in [7, 11) is 2.25. The Hall–Kier alpha value is -0.820. The van der Waals surface area contributed by atoms with E-state index in [1.54, 1.807) is 0 Å². The molecule has 0 saturated heterocycles. The molecule has 0 aliphatic heterocycles. The SMILES string of the molecule is Cc1ccc(C)c(CCN(C)C2CC2)c1. The summed E-state index contributed by atoms with van der Waals surface area (Å²) in [5.41, 5.74) is 4.33. The first-order valence-corrected chi connectivity index (χ1v) is 5.93. The van der Waals surface area contributed by atoms with Crippen LogP contribution in [-0.4, -0.2) is 24.5 Å². The highest BCUT2D eigenvalue weighted by atomic mass is 15.1. The molecule has 15 heavy (non-hydrogen) atoms. The summed E-state index contributed by atoms with van der Waals surface area (Å²) in [6, 6.07) is 7.65. The van der Waals surface area contributed by atoms with Crippen LogP contribution in [0.3, 0.4) is 0 Å². The second kappa shape index (κ2) is 4.36. The molecule has 1 aromatic rings. The van der Waals surface area contributed by atoms with Crippen molar-refractivity contribution in [3.63, 3.8) is 0 Å². The molecule has 0 aromatic heterocycles. The van der Waals surface area contributed by atoms with Gasteiger partial charge in [-0.25, -0.2) is 0 Å². The maximum atomic E-state index is 2.50. The smallest absolute Gasteiger partial charge is 0.00935 e. The van der Waals surface area contributed by atoms with Crippen molar-refractivity contribution in [1.29, 1.82) is 0 Å². The van der Waals surface area contributed by atoms with Gasteiger partial charge in [-0.2, -0.15) is 0 Å². The van der Waals surface area contributed by atoms with Crippen molar-refractivity contribution in [2.24, 2.45) is 0 Å². The molecule has 82 valence electrons. The molecule has 1 saturated carbocycles. The monoisotopic (exact) mass is 203 g/mol. The van der Waals surface area contributed by atoms with Gasteiger partial charge in [0.15, 0.2) is 0 Å². The molecule has 1 fully saturated rings. The minimum atomic E-state index is 0.884. The van der Waals surface area contributed by atoms with Crippen molar-refractivity contribution in [3.8, 4) is 0 Å². The fourth-order valence-electron chi connectivity index (χ4n) is 2.06. The van der Waals surface area contributed by atoms with Gasteiger partial charge in [0.25, 0.3) is 0 Å². The van der Waals surface area contributed by atoms with Crippen LogP contribution < -0.4 is 0 Å². The molecule has 1 aromatic carbocycles. The average molecular weight is 203 g/mol. The molecule has 0 amide bonds. The summed E-state index contributed by atoms with van der Waals surface area (Å²) in [5, 5.41) is 0. The number of nitrogens with zero attached hydrogens (tertiary/aromatic N) is 1. The highest BCUT2D eigenvalue weighted by molar-refractivity contribution is 5.30. The van der Waals surface area contributed by atoms with E-state index < -0.39 is 0 Å². The van der Waals surface area contributed by atoms with Crippen molar-refractivity contribution in [2.75, 3.05) is 13.6 Å². The van der Waals surface area contributed by atoms with Crippen molar-refractivity contribution in [3.05, 3.63) is 34.9 Å². The van der Waals surface area contributed by atoms with Crippen LogP contribution in [0, 0.1) is 13.8 Å². The maximum absolute atomic E-state index is 2.50. The number of hydrogen-bond acceptors (Lipinski definition) is 1. The Kier molecular flexibility index (Phi) is 3.11. The van der Waals surface area contributed by atoms with Crippen LogP contribution in [0.25, 0.3) is 0 Å². The zero-order chi connectivity index (χ0) is 10.8. The molecule has 0 heterocycles. The van der Waals surface area contributed by atoms with Crippen molar-refractivity contribution >= 4 is 0 Å². The summed E-state index contributed by atoms with van der Waals surface area (Å²) >= 11 is 0. The van der Waals surface area contributed by atoms with Crippen LogP contribution in [-0.2, 0) is 6.42 Å². The first kappa shape index (κ1) is 10.7. The number of benzene rings is 1. The van der Waals surface area contributed by atoms with Crippen LogP contribution in [0.1, 0.15) is 29.5 Å². The lowest BCUT2D eigenvalue weighted by molar-refractivity contribution is 0.328. The quantitative estimate of drug-likeness (QED) is 0.727. The number of hydrogen-bond donors (Lipinski definition) is 0. The Morgan fingerprint density at radius 1 is 1.27 bits per heavy atom. The predicted molar refractivity (Wildman–Crippen MR) is 65.3 cm³/mol. The Labute approximate surface area is 93.1 Å². The third kappa shape index (κ3) is 2.82. The molecule has 0 atom stereocenters. The molecule has 0 bridgehead atoms. The molecular weight excluding hydrogens is 182 g/mol. The first-order chi connectivity index (χ1) is 7.16. The third-order valence-corrected chi connectivity index (χ3v) is 3.41. The van der Waals surface area contributed by atoms with E-state index in [4.69, 9.17) is 0 Å². The van der Waals surface area contributed by atoms with Gasteiger partial charge in [-0.15, -0.1) is 0 Å². The van der Waals surface area contributed by atoms with E-state index in [2.05, 4.69) is 44.0 Å². The Balaban J connectivity index is 1.94. The Bertz CT molecular complexity index is 339. The van der Waals surface area contributed by atoms with Crippen molar-refractivity contribution in [1.82, 2.24) is 4.90 Å². The highest BCUT2D eigenvalue weighted by Gasteiger charge is 2.25. The van der Waals surface area contributed by atoms with Gasteiger partial charge in [0.05, 0.1) is 0 Å². The molecule has 2 rings (SSSR count). The lowest BCUT2D eigenvalue weighted by Gasteiger charge is -2.16. The van der Waals surface area contributed by atoms with Gasteiger partial charge < -0.3 is 4.90 Å². The van der Waals surface area contributed by atoms with Crippen LogP contribution in [0.2, 0.25) is 0 Å². The van der Waals surface area contributed by atoms with Gasteiger partial charge in [0.2, 0.25) is 0 Å². The lowest BCUT2D eigenvalue weighted by Crippen LogP contribution is -2.23. The van der Waals surface area contributed by atoms with E-state index in [-0.39, 0.29) is 0 Å². The van der Waals surface area contributed by atoms with Gasteiger partial charge in [0.1, 0.15) is 0 Å². The highest BCUT2D eigenvalue weighted by Crippen LogP contribution is 2.25. The first-order valence-electron chi connectivity index (χ1n) is 5.93. The molecule has 0 radical (unpaired) electrons. The van der Waals surface area contributed by atoms with Gasteiger partial charge in [-0.05, 0) is 51.3 Å². The van der Waals surface area contributed by atoms with E-state index in [0.29, 0.717) is 0 Å². The Morgan fingerprint density at radius 3 is 2.67 bits per heavy atom. The molecule has 0 N–H and O–H groups in total. The number of likely N-dealkylation sites (N-methyl/N-ethyl adjacent to an activating group) is 1. The zero-order valence-corrected chi connectivity index (χ0v) is 10.1. The number of rotatable bonds is 4. The second-order valence-electron chi connectivity index (χ2n) is 4.89. The third-order valence-electron chi connectivity index (χ3n) is 3.41. The van der Waals surface area contributed by atoms with Crippen molar-refractivity contribution < 1.29 is 0 Å². The van der Waals surface area contributed by atoms with Crippen LogP contribution in [0.5, 0.6) is 0 Å². The van der Waals surface area contributed by atoms with Crippen LogP contribution in [0.4, 0.5) is 0 Å². The van der Waals surface area contributed by atoms with Gasteiger partial charge in [0, 0.05) is 12.6 Å². The summed E-state index contributed by atoms with van der Waals surface area (Å²) in [6.07, 6.45) is 4.01. The predicted octanol–water partition coefficient (Wildman–Crippen LogP) is 2.94. The second-order valence-corrected chi connectivity index (χ2v) is 4.89. The molecule has 1 heteroatoms. The summed E-state index contributed by atoms with van der Waals surface area (Å²) < 4.78 is 0. The molecular formula is C14H21N. The van der Waals surface area contributed by atoms with E-state index in [1.807, 2.05) is 0 Å². The molecule has 0 spiro atoms. The normalized spacial score (nSPS) is 16.0. The van der Waals surface area contributed by atoms with E-state index >= 15 is 0 Å². The van der Waals surface area contributed by atoms with Gasteiger partial charge in [-0.3, -0.25) is 0 Å². The van der Waals surface area contributed by atoms with E-state index in [0.717, 1.165) is 6.04 Å². The summed E-state index contributed by atoms with van der Waals surface area (Å²) in [4.78, 5) is 2.50. The topological polar surface area (TPSA) is 3.24 Å². The fourth-order valence-corrected chi connectivity index (χ4v) is 2.06. The standard InChI is InChI=1S/C14H21N/c1-11-4-5-12(2)13(10-11)8-9-15(3)14-6-7-14/h4-5,10,14H,6-9H2,1-3H3. The molecule has 1 nitrogen and oxygen atoms in total. The van der Waals surface area contributed by atoms with Crippen molar-refractivity contribution in [2.45, 2.75) is 39.2 Å². The Morgan fingerprint density at radius 2 is 2.00 bits per heavy atom.